The lowest BCUT2D eigenvalue weighted by molar-refractivity contribution is 0.142. The Morgan fingerprint density at radius 3 is 2.23 bits per heavy atom. The minimum atomic E-state index is -0.474. The summed E-state index contributed by atoms with van der Waals surface area (Å²) in [6, 6.07) is 19.5. The number of pyridine rings is 1. The maximum atomic E-state index is 12.1. The SMILES string of the molecule is O=C(NCc1ccc(=O)[nH]c1)OCC1c2ccccc2-c2ccccc21. The fraction of sp³-hybridized carbons (Fsp3) is 0.143. The fourth-order valence-electron chi connectivity index (χ4n) is 3.38. The first-order valence-corrected chi connectivity index (χ1v) is 8.49. The van der Waals surface area contributed by atoms with Gasteiger partial charge in [-0.3, -0.25) is 4.79 Å². The highest BCUT2D eigenvalue weighted by Gasteiger charge is 2.28. The first kappa shape index (κ1) is 16.1. The van der Waals surface area contributed by atoms with Crippen molar-refractivity contribution in [3.63, 3.8) is 0 Å². The summed E-state index contributed by atoms with van der Waals surface area (Å²) >= 11 is 0. The maximum absolute atomic E-state index is 12.1. The van der Waals surface area contributed by atoms with Gasteiger partial charge < -0.3 is 15.0 Å². The third-order valence-electron chi connectivity index (χ3n) is 4.63. The zero-order valence-electron chi connectivity index (χ0n) is 14.1. The van der Waals surface area contributed by atoms with Crippen LogP contribution in [0.4, 0.5) is 4.79 Å². The molecule has 130 valence electrons. The molecule has 0 saturated carbocycles. The summed E-state index contributed by atoms with van der Waals surface area (Å²) in [6.07, 6.45) is 1.10. The van der Waals surface area contributed by atoms with Crippen LogP contribution in [0.25, 0.3) is 11.1 Å². The Kier molecular flexibility index (Phi) is 4.27. The first-order valence-electron chi connectivity index (χ1n) is 8.49. The van der Waals surface area contributed by atoms with Crippen molar-refractivity contribution in [2.75, 3.05) is 6.61 Å². The van der Waals surface area contributed by atoms with Gasteiger partial charge in [0.05, 0.1) is 0 Å². The van der Waals surface area contributed by atoms with E-state index in [9.17, 15) is 9.59 Å². The third kappa shape index (κ3) is 3.11. The second-order valence-electron chi connectivity index (χ2n) is 6.24. The van der Waals surface area contributed by atoms with Gasteiger partial charge in [-0.05, 0) is 27.8 Å². The molecule has 0 bridgehead atoms. The second-order valence-corrected chi connectivity index (χ2v) is 6.24. The summed E-state index contributed by atoms with van der Waals surface area (Å²) in [5, 5.41) is 2.71. The summed E-state index contributed by atoms with van der Waals surface area (Å²) in [5.74, 6) is 0.0428. The lowest BCUT2D eigenvalue weighted by Gasteiger charge is -2.14. The van der Waals surface area contributed by atoms with Gasteiger partial charge in [0, 0.05) is 24.7 Å². The zero-order chi connectivity index (χ0) is 17.9. The summed E-state index contributed by atoms with van der Waals surface area (Å²) in [6.45, 7) is 0.582. The third-order valence-corrected chi connectivity index (χ3v) is 4.63. The number of aromatic nitrogens is 1. The van der Waals surface area contributed by atoms with E-state index in [1.54, 1.807) is 12.3 Å². The van der Waals surface area contributed by atoms with Crippen LogP contribution in [-0.4, -0.2) is 17.7 Å². The number of ether oxygens (including phenoxy) is 1. The van der Waals surface area contributed by atoms with Gasteiger partial charge in [-0.2, -0.15) is 0 Å². The van der Waals surface area contributed by atoms with Crippen molar-refractivity contribution in [2.45, 2.75) is 12.5 Å². The van der Waals surface area contributed by atoms with Crippen molar-refractivity contribution in [1.82, 2.24) is 10.3 Å². The monoisotopic (exact) mass is 346 g/mol. The smallest absolute Gasteiger partial charge is 0.407 e. The molecule has 0 spiro atoms. The molecule has 1 aliphatic carbocycles. The number of hydrogen-bond donors (Lipinski definition) is 2. The average molecular weight is 346 g/mol. The quantitative estimate of drug-likeness (QED) is 0.760. The van der Waals surface area contributed by atoms with Gasteiger partial charge in [-0.15, -0.1) is 0 Å². The summed E-state index contributed by atoms with van der Waals surface area (Å²) in [7, 11) is 0. The van der Waals surface area contributed by atoms with E-state index in [4.69, 9.17) is 4.74 Å². The van der Waals surface area contributed by atoms with E-state index < -0.39 is 6.09 Å². The highest BCUT2D eigenvalue weighted by molar-refractivity contribution is 5.79. The number of benzene rings is 2. The van der Waals surface area contributed by atoms with Crippen molar-refractivity contribution in [3.8, 4) is 11.1 Å². The molecule has 0 unspecified atom stereocenters. The number of alkyl carbamates (subject to hydrolysis) is 1. The van der Waals surface area contributed by atoms with E-state index in [0.717, 1.165) is 5.56 Å². The molecular weight excluding hydrogens is 328 g/mol. The molecule has 1 heterocycles. The van der Waals surface area contributed by atoms with Crippen LogP contribution < -0.4 is 10.9 Å². The minimum Gasteiger partial charge on any atom is -0.449 e. The Labute approximate surface area is 150 Å². The molecular formula is C21H18N2O3. The molecule has 0 saturated heterocycles. The Hall–Kier alpha value is -3.34. The summed E-state index contributed by atoms with van der Waals surface area (Å²) in [5.41, 5.74) is 5.40. The highest BCUT2D eigenvalue weighted by Crippen LogP contribution is 2.44. The van der Waals surface area contributed by atoms with E-state index in [-0.39, 0.29) is 18.1 Å². The Morgan fingerprint density at radius 2 is 1.62 bits per heavy atom. The van der Waals surface area contributed by atoms with E-state index in [1.165, 1.54) is 28.3 Å². The number of hydrogen-bond acceptors (Lipinski definition) is 3. The number of amides is 1. The van der Waals surface area contributed by atoms with Crippen LogP contribution >= 0.6 is 0 Å². The van der Waals surface area contributed by atoms with E-state index in [1.807, 2.05) is 24.3 Å². The number of aromatic amines is 1. The molecule has 2 aromatic carbocycles. The number of carbonyl (C=O) groups is 1. The van der Waals surface area contributed by atoms with Crippen LogP contribution in [0.15, 0.2) is 71.7 Å². The molecule has 1 amide bonds. The minimum absolute atomic E-state index is 0.0428. The van der Waals surface area contributed by atoms with E-state index >= 15 is 0 Å². The van der Waals surface area contributed by atoms with Gasteiger partial charge in [0.1, 0.15) is 6.61 Å². The standard InChI is InChI=1S/C21H18N2O3/c24-20-10-9-14(11-22-20)12-23-21(25)26-13-19-17-7-3-1-5-15(17)16-6-2-4-8-18(16)19/h1-11,19H,12-13H2,(H,22,24)(H,23,25). The molecule has 4 rings (SSSR count). The topological polar surface area (TPSA) is 71.2 Å². The number of H-pyrrole nitrogens is 1. The van der Waals surface area contributed by atoms with Crippen molar-refractivity contribution < 1.29 is 9.53 Å². The molecule has 1 aromatic heterocycles. The van der Waals surface area contributed by atoms with Gasteiger partial charge in [-0.25, -0.2) is 4.79 Å². The van der Waals surface area contributed by atoms with Gasteiger partial charge in [0.15, 0.2) is 0 Å². The van der Waals surface area contributed by atoms with Crippen LogP contribution in [0, 0.1) is 0 Å². The van der Waals surface area contributed by atoms with Gasteiger partial charge in [-0.1, -0.05) is 54.6 Å². The fourth-order valence-corrected chi connectivity index (χ4v) is 3.38. The number of fused-ring (bicyclic) bond motifs is 3. The second kappa shape index (κ2) is 6.88. The van der Waals surface area contributed by atoms with Gasteiger partial charge in [0.25, 0.3) is 0 Å². The Morgan fingerprint density at radius 1 is 0.962 bits per heavy atom. The predicted octanol–water partition coefficient (Wildman–Crippen LogP) is 3.41. The van der Waals surface area contributed by atoms with Crippen molar-refractivity contribution in [1.29, 1.82) is 0 Å². The van der Waals surface area contributed by atoms with Crippen LogP contribution in [0.3, 0.4) is 0 Å². The maximum Gasteiger partial charge on any atom is 0.407 e. The number of nitrogens with one attached hydrogen (secondary N) is 2. The predicted molar refractivity (Wildman–Crippen MR) is 99.0 cm³/mol. The normalized spacial score (nSPS) is 12.3. The van der Waals surface area contributed by atoms with Gasteiger partial charge in [0.2, 0.25) is 5.56 Å². The van der Waals surface area contributed by atoms with Crippen LogP contribution in [0.2, 0.25) is 0 Å². The van der Waals surface area contributed by atoms with E-state index in [2.05, 4.69) is 34.6 Å². The summed E-state index contributed by atoms with van der Waals surface area (Å²) in [4.78, 5) is 25.7. The van der Waals surface area contributed by atoms with Crippen molar-refractivity contribution in [3.05, 3.63) is 93.9 Å². The van der Waals surface area contributed by atoms with Gasteiger partial charge >= 0.3 is 6.09 Å². The average Bonchev–Trinajstić information content (AvgIpc) is 3.00. The molecule has 0 aliphatic heterocycles. The lowest BCUT2D eigenvalue weighted by Crippen LogP contribution is -2.26. The lowest BCUT2D eigenvalue weighted by atomic mass is 9.98. The molecule has 0 radical (unpaired) electrons. The Balaban J connectivity index is 1.42. The largest absolute Gasteiger partial charge is 0.449 e. The van der Waals surface area contributed by atoms with Crippen molar-refractivity contribution >= 4 is 6.09 Å². The molecule has 5 heteroatoms. The van der Waals surface area contributed by atoms with Crippen LogP contribution in [-0.2, 0) is 11.3 Å². The van der Waals surface area contributed by atoms with E-state index in [0.29, 0.717) is 6.54 Å². The first-order chi connectivity index (χ1) is 12.7. The number of carbonyl (C=O) groups excluding carboxylic acids is 1. The highest BCUT2D eigenvalue weighted by atomic mass is 16.5. The van der Waals surface area contributed by atoms with Crippen molar-refractivity contribution in [2.24, 2.45) is 0 Å². The molecule has 0 fully saturated rings. The van der Waals surface area contributed by atoms with Crippen LogP contribution in [0.5, 0.6) is 0 Å². The molecule has 2 N–H and O–H groups in total. The molecule has 26 heavy (non-hydrogen) atoms. The molecule has 3 aromatic rings. The van der Waals surface area contributed by atoms with Crippen LogP contribution in [0.1, 0.15) is 22.6 Å². The molecule has 5 nitrogen and oxygen atoms in total. The molecule has 1 aliphatic rings. The molecule has 0 atom stereocenters. The number of rotatable bonds is 4. The Bertz CT molecular complexity index is 944. The summed E-state index contributed by atoms with van der Waals surface area (Å²) < 4.78 is 5.46. The zero-order valence-corrected chi connectivity index (χ0v) is 14.1.